The summed E-state index contributed by atoms with van der Waals surface area (Å²) in [7, 11) is 0. The molecule has 0 amide bonds. The van der Waals surface area contributed by atoms with Crippen LogP contribution in [0, 0.1) is 12.3 Å². The molecule has 0 aromatic heterocycles. The van der Waals surface area contributed by atoms with E-state index in [2.05, 4.69) is 18.2 Å². The molecule has 1 N–H and O–H groups in total. The van der Waals surface area contributed by atoms with Gasteiger partial charge in [0.1, 0.15) is 0 Å². The summed E-state index contributed by atoms with van der Waals surface area (Å²) in [6.07, 6.45) is 9.06. The molecule has 0 unspecified atom stereocenters. The third kappa shape index (κ3) is 9.87. The second-order valence-corrected chi connectivity index (χ2v) is 3.82. The van der Waals surface area contributed by atoms with Crippen molar-refractivity contribution in [3.05, 3.63) is 0 Å². The SMILES string of the molecule is C#CCSCCNCCCCC. The van der Waals surface area contributed by atoms with E-state index in [9.17, 15) is 0 Å². The van der Waals surface area contributed by atoms with Gasteiger partial charge in [0.25, 0.3) is 0 Å². The molecule has 0 rings (SSSR count). The maximum Gasteiger partial charge on any atom is 0.0545 e. The van der Waals surface area contributed by atoms with Gasteiger partial charge in [-0.25, -0.2) is 0 Å². The maximum absolute atomic E-state index is 5.12. The number of rotatable bonds is 8. The van der Waals surface area contributed by atoms with Crippen LogP contribution in [-0.4, -0.2) is 24.6 Å². The van der Waals surface area contributed by atoms with Gasteiger partial charge in [-0.05, 0) is 13.0 Å². The molecule has 0 saturated carbocycles. The predicted molar refractivity (Wildman–Crippen MR) is 58.6 cm³/mol. The van der Waals surface area contributed by atoms with E-state index in [0.717, 1.165) is 24.6 Å². The highest BCUT2D eigenvalue weighted by Crippen LogP contribution is 1.95. The van der Waals surface area contributed by atoms with E-state index in [-0.39, 0.29) is 0 Å². The lowest BCUT2D eigenvalue weighted by Crippen LogP contribution is -2.18. The van der Waals surface area contributed by atoms with E-state index in [1.54, 1.807) is 0 Å². The van der Waals surface area contributed by atoms with Crippen LogP contribution in [0.5, 0.6) is 0 Å². The van der Waals surface area contributed by atoms with Crippen LogP contribution < -0.4 is 5.32 Å². The highest BCUT2D eigenvalue weighted by molar-refractivity contribution is 7.99. The molecule has 2 heteroatoms. The van der Waals surface area contributed by atoms with E-state index in [4.69, 9.17) is 6.42 Å². The van der Waals surface area contributed by atoms with Crippen LogP contribution >= 0.6 is 11.8 Å². The first-order valence-corrected chi connectivity index (χ1v) is 5.79. The van der Waals surface area contributed by atoms with Crippen molar-refractivity contribution in [1.29, 1.82) is 0 Å². The van der Waals surface area contributed by atoms with Crippen molar-refractivity contribution in [2.45, 2.75) is 26.2 Å². The Labute approximate surface area is 80.7 Å². The molecule has 0 aromatic rings. The molecular formula is C10H19NS. The van der Waals surface area contributed by atoms with Gasteiger partial charge in [-0.3, -0.25) is 0 Å². The quantitative estimate of drug-likeness (QED) is 0.459. The highest BCUT2D eigenvalue weighted by Gasteiger charge is 1.87. The minimum atomic E-state index is 0.844. The van der Waals surface area contributed by atoms with Crippen LogP contribution in [0.25, 0.3) is 0 Å². The van der Waals surface area contributed by atoms with Gasteiger partial charge in [0.15, 0.2) is 0 Å². The second kappa shape index (κ2) is 10.9. The van der Waals surface area contributed by atoms with Gasteiger partial charge < -0.3 is 5.32 Å². The third-order valence-corrected chi connectivity index (χ3v) is 2.43. The number of thioether (sulfide) groups is 1. The van der Waals surface area contributed by atoms with Crippen molar-refractivity contribution >= 4 is 11.8 Å². The van der Waals surface area contributed by atoms with E-state index in [0.29, 0.717) is 0 Å². The molecule has 0 saturated heterocycles. The first-order chi connectivity index (χ1) is 5.91. The van der Waals surface area contributed by atoms with Gasteiger partial charge in [0.2, 0.25) is 0 Å². The average Bonchev–Trinajstić information content (AvgIpc) is 2.10. The molecule has 0 aliphatic rings. The number of hydrogen-bond acceptors (Lipinski definition) is 2. The highest BCUT2D eigenvalue weighted by atomic mass is 32.2. The molecule has 0 heterocycles. The normalized spacial score (nSPS) is 9.67. The van der Waals surface area contributed by atoms with Crippen LogP contribution in [0.2, 0.25) is 0 Å². The van der Waals surface area contributed by atoms with E-state index < -0.39 is 0 Å². The smallest absolute Gasteiger partial charge is 0.0545 e. The van der Waals surface area contributed by atoms with E-state index in [1.807, 2.05) is 11.8 Å². The third-order valence-electron chi connectivity index (χ3n) is 1.57. The zero-order chi connectivity index (χ0) is 9.07. The van der Waals surface area contributed by atoms with Crippen LogP contribution in [-0.2, 0) is 0 Å². The van der Waals surface area contributed by atoms with Crippen molar-refractivity contribution in [3.8, 4) is 12.3 Å². The first kappa shape index (κ1) is 11.9. The zero-order valence-electron chi connectivity index (χ0n) is 7.94. The Morgan fingerprint density at radius 1 is 1.33 bits per heavy atom. The average molecular weight is 185 g/mol. The Morgan fingerprint density at radius 2 is 2.17 bits per heavy atom. The van der Waals surface area contributed by atoms with Gasteiger partial charge in [-0.1, -0.05) is 25.7 Å². The van der Waals surface area contributed by atoms with Crippen molar-refractivity contribution in [2.75, 3.05) is 24.6 Å². The molecule has 0 bridgehead atoms. The van der Waals surface area contributed by atoms with Crippen LogP contribution in [0.3, 0.4) is 0 Å². The molecule has 1 nitrogen and oxygen atoms in total. The van der Waals surface area contributed by atoms with Crippen molar-refractivity contribution in [2.24, 2.45) is 0 Å². The minimum Gasteiger partial charge on any atom is -0.316 e. The Bertz CT molecular complexity index is 117. The summed E-state index contributed by atoms with van der Waals surface area (Å²) >= 11 is 1.82. The maximum atomic E-state index is 5.12. The number of nitrogens with one attached hydrogen (secondary N) is 1. The van der Waals surface area contributed by atoms with E-state index in [1.165, 1.54) is 19.3 Å². The summed E-state index contributed by atoms with van der Waals surface area (Å²) in [5.74, 6) is 4.59. The van der Waals surface area contributed by atoms with Gasteiger partial charge in [0, 0.05) is 12.3 Å². The lowest BCUT2D eigenvalue weighted by molar-refractivity contribution is 0.636. The molecule has 0 spiro atoms. The van der Waals surface area contributed by atoms with Gasteiger partial charge in [-0.15, -0.1) is 18.2 Å². The summed E-state index contributed by atoms with van der Waals surface area (Å²) in [5.41, 5.74) is 0. The summed E-state index contributed by atoms with van der Waals surface area (Å²) in [5, 5.41) is 3.39. The monoisotopic (exact) mass is 185 g/mol. The lowest BCUT2D eigenvalue weighted by atomic mass is 10.2. The fourth-order valence-corrected chi connectivity index (χ4v) is 1.45. The summed E-state index contributed by atoms with van der Waals surface area (Å²) in [6.45, 7) is 4.48. The Hall–Kier alpha value is -0.130. The fraction of sp³-hybridized carbons (Fsp3) is 0.800. The summed E-state index contributed by atoms with van der Waals surface area (Å²) in [6, 6.07) is 0. The molecule has 0 radical (unpaired) electrons. The second-order valence-electron chi connectivity index (χ2n) is 2.71. The first-order valence-electron chi connectivity index (χ1n) is 4.63. The Kier molecular flexibility index (Phi) is 10.8. The van der Waals surface area contributed by atoms with E-state index >= 15 is 0 Å². The minimum absolute atomic E-state index is 0.844. The molecule has 0 aromatic carbocycles. The van der Waals surface area contributed by atoms with Crippen molar-refractivity contribution in [3.63, 3.8) is 0 Å². The zero-order valence-corrected chi connectivity index (χ0v) is 8.75. The Balaban J connectivity index is 2.78. The summed E-state index contributed by atoms with van der Waals surface area (Å²) < 4.78 is 0. The fourth-order valence-electron chi connectivity index (χ4n) is 0.900. The molecule has 0 aliphatic carbocycles. The topological polar surface area (TPSA) is 12.0 Å². The molecule has 12 heavy (non-hydrogen) atoms. The molecule has 0 atom stereocenters. The van der Waals surface area contributed by atoms with Crippen molar-refractivity contribution in [1.82, 2.24) is 5.32 Å². The summed E-state index contributed by atoms with van der Waals surface area (Å²) in [4.78, 5) is 0. The van der Waals surface area contributed by atoms with Gasteiger partial charge >= 0.3 is 0 Å². The van der Waals surface area contributed by atoms with Crippen LogP contribution in [0.1, 0.15) is 26.2 Å². The predicted octanol–water partition coefficient (Wildman–Crippen LogP) is 2.13. The largest absolute Gasteiger partial charge is 0.316 e. The number of unbranched alkanes of at least 4 members (excludes halogenated alkanes) is 2. The molecule has 0 fully saturated rings. The molecule has 0 aliphatic heterocycles. The van der Waals surface area contributed by atoms with Gasteiger partial charge in [-0.2, -0.15) is 0 Å². The van der Waals surface area contributed by atoms with Crippen molar-refractivity contribution < 1.29 is 0 Å². The van der Waals surface area contributed by atoms with Crippen LogP contribution in [0.4, 0.5) is 0 Å². The standard InChI is InChI=1S/C10H19NS/c1-3-5-6-7-11-8-10-12-9-4-2/h2,11H,3,5-10H2,1H3. The molecular weight excluding hydrogens is 166 g/mol. The van der Waals surface area contributed by atoms with Crippen LogP contribution in [0.15, 0.2) is 0 Å². The number of hydrogen-bond donors (Lipinski definition) is 1. The molecule has 70 valence electrons. The van der Waals surface area contributed by atoms with Gasteiger partial charge in [0.05, 0.1) is 5.75 Å². The lowest BCUT2D eigenvalue weighted by Gasteiger charge is -2.02. The number of terminal acetylenes is 1. The Morgan fingerprint density at radius 3 is 2.83 bits per heavy atom.